The molecule has 1 aliphatic heterocycles. The first-order valence-corrected chi connectivity index (χ1v) is 8.91. The van der Waals surface area contributed by atoms with Crippen molar-refractivity contribution in [1.29, 1.82) is 0 Å². The van der Waals surface area contributed by atoms with Gasteiger partial charge in [-0.25, -0.2) is 0 Å². The van der Waals surface area contributed by atoms with E-state index in [9.17, 15) is 9.59 Å². The molecule has 0 unspecified atom stereocenters. The first-order valence-electron chi connectivity index (χ1n) is 8.91. The highest BCUT2D eigenvalue weighted by Gasteiger charge is 2.24. The molecular weight excluding hydrogens is 304 g/mol. The van der Waals surface area contributed by atoms with E-state index in [1.54, 1.807) is 22.9 Å². The Morgan fingerprint density at radius 1 is 1.08 bits per heavy atom. The van der Waals surface area contributed by atoms with Crippen LogP contribution in [-0.2, 0) is 4.79 Å². The average molecular weight is 330 g/mol. The van der Waals surface area contributed by atoms with Crippen molar-refractivity contribution in [2.24, 2.45) is 0 Å². The van der Waals surface area contributed by atoms with Gasteiger partial charge in [0.25, 0.3) is 5.91 Å². The molecule has 0 atom stereocenters. The van der Waals surface area contributed by atoms with Crippen LogP contribution >= 0.6 is 0 Å². The normalized spacial score (nSPS) is 19.2. The van der Waals surface area contributed by atoms with Gasteiger partial charge >= 0.3 is 0 Å². The number of nitrogens with zero attached hydrogens (tertiary/aromatic N) is 3. The average Bonchev–Trinajstić information content (AvgIpc) is 2.62. The third kappa shape index (κ3) is 4.04. The van der Waals surface area contributed by atoms with Gasteiger partial charge in [0.1, 0.15) is 5.69 Å². The third-order valence-electron chi connectivity index (χ3n) is 4.97. The van der Waals surface area contributed by atoms with Gasteiger partial charge in [-0.1, -0.05) is 19.3 Å². The van der Waals surface area contributed by atoms with Crippen molar-refractivity contribution < 1.29 is 9.59 Å². The number of pyridine rings is 1. The maximum absolute atomic E-state index is 12.7. The minimum Gasteiger partial charge on any atom is -0.382 e. The van der Waals surface area contributed by atoms with E-state index < -0.39 is 0 Å². The summed E-state index contributed by atoms with van der Waals surface area (Å²) in [5.74, 6) is 0.0180. The van der Waals surface area contributed by atoms with Crippen LogP contribution in [0.15, 0.2) is 18.3 Å². The largest absolute Gasteiger partial charge is 0.382 e. The van der Waals surface area contributed by atoms with Gasteiger partial charge in [0, 0.05) is 51.0 Å². The number of hydrogen-bond acceptors (Lipinski definition) is 4. The summed E-state index contributed by atoms with van der Waals surface area (Å²) >= 11 is 0. The van der Waals surface area contributed by atoms with E-state index in [-0.39, 0.29) is 11.8 Å². The van der Waals surface area contributed by atoms with Gasteiger partial charge in [-0.2, -0.15) is 0 Å². The third-order valence-corrected chi connectivity index (χ3v) is 4.97. The van der Waals surface area contributed by atoms with Crippen LogP contribution < -0.4 is 5.32 Å². The molecule has 2 aliphatic rings. The Bertz CT molecular complexity index is 590. The van der Waals surface area contributed by atoms with Gasteiger partial charge in [-0.3, -0.25) is 14.6 Å². The summed E-state index contributed by atoms with van der Waals surface area (Å²) in [7, 11) is 0. The van der Waals surface area contributed by atoms with Gasteiger partial charge in [0.05, 0.1) is 0 Å². The van der Waals surface area contributed by atoms with E-state index in [1.807, 2.05) is 12.1 Å². The molecule has 6 nitrogen and oxygen atoms in total. The van der Waals surface area contributed by atoms with Gasteiger partial charge in [0.2, 0.25) is 5.91 Å². The number of anilines is 1. The van der Waals surface area contributed by atoms with Crippen molar-refractivity contribution in [2.75, 3.05) is 31.5 Å². The molecule has 0 bridgehead atoms. The predicted molar refractivity (Wildman–Crippen MR) is 92.9 cm³/mol. The zero-order valence-corrected chi connectivity index (χ0v) is 14.3. The minimum absolute atomic E-state index is 0.0505. The van der Waals surface area contributed by atoms with E-state index in [1.165, 1.54) is 32.1 Å². The number of piperazine rings is 1. The molecule has 1 saturated carbocycles. The zero-order chi connectivity index (χ0) is 16.9. The van der Waals surface area contributed by atoms with Crippen LogP contribution in [0.3, 0.4) is 0 Å². The number of hydrogen-bond donors (Lipinski definition) is 1. The predicted octanol–water partition coefficient (Wildman–Crippen LogP) is 2.13. The Labute approximate surface area is 143 Å². The van der Waals surface area contributed by atoms with Crippen molar-refractivity contribution in [3.05, 3.63) is 24.0 Å². The quantitative estimate of drug-likeness (QED) is 0.922. The maximum Gasteiger partial charge on any atom is 0.272 e. The molecule has 2 amide bonds. The number of carbonyl (C=O) groups is 2. The molecule has 1 N–H and O–H groups in total. The Morgan fingerprint density at radius 3 is 2.42 bits per heavy atom. The fourth-order valence-electron chi connectivity index (χ4n) is 3.51. The number of carbonyl (C=O) groups excluding carboxylic acids is 2. The molecule has 1 aromatic heterocycles. The molecule has 24 heavy (non-hydrogen) atoms. The van der Waals surface area contributed by atoms with Crippen molar-refractivity contribution in [3.63, 3.8) is 0 Å². The molecular formula is C18H26N4O2. The molecule has 0 radical (unpaired) electrons. The highest BCUT2D eigenvalue weighted by atomic mass is 16.2. The van der Waals surface area contributed by atoms with Crippen LogP contribution in [0, 0.1) is 0 Å². The lowest BCUT2D eigenvalue weighted by molar-refractivity contribution is -0.130. The first kappa shape index (κ1) is 16.7. The second-order valence-corrected chi connectivity index (χ2v) is 6.71. The zero-order valence-electron chi connectivity index (χ0n) is 14.3. The van der Waals surface area contributed by atoms with E-state index in [2.05, 4.69) is 10.3 Å². The molecule has 1 saturated heterocycles. The molecule has 2 heterocycles. The minimum atomic E-state index is -0.0505. The van der Waals surface area contributed by atoms with Crippen LogP contribution in [-0.4, -0.2) is 58.8 Å². The van der Waals surface area contributed by atoms with Crippen LogP contribution in [0.25, 0.3) is 0 Å². The summed E-state index contributed by atoms with van der Waals surface area (Å²) in [6.07, 6.45) is 7.95. The van der Waals surface area contributed by atoms with Crippen LogP contribution in [0.4, 0.5) is 5.69 Å². The first-order chi connectivity index (χ1) is 11.6. The fourth-order valence-corrected chi connectivity index (χ4v) is 3.51. The van der Waals surface area contributed by atoms with Gasteiger partial charge in [-0.15, -0.1) is 0 Å². The summed E-state index contributed by atoms with van der Waals surface area (Å²) in [6, 6.07) is 4.29. The topological polar surface area (TPSA) is 65.5 Å². The van der Waals surface area contributed by atoms with Crippen molar-refractivity contribution >= 4 is 17.5 Å². The van der Waals surface area contributed by atoms with E-state index in [0.717, 1.165) is 5.69 Å². The highest BCUT2D eigenvalue weighted by Crippen LogP contribution is 2.22. The Kier molecular flexibility index (Phi) is 5.33. The van der Waals surface area contributed by atoms with Crippen LogP contribution in [0.2, 0.25) is 0 Å². The summed E-state index contributed by atoms with van der Waals surface area (Å²) in [4.78, 5) is 31.8. The lowest BCUT2D eigenvalue weighted by Gasteiger charge is -2.34. The summed E-state index contributed by atoms with van der Waals surface area (Å²) in [6.45, 7) is 3.91. The number of nitrogens with one attached hydrogen (secondary N) is 1. The Balaban J connectivity index is 1.61. The highest BCUT2D eigenvalue weighted by molar-refractivity contribution is 5.93. The Hall–Kier alpha value is -2.11. The van der Waals surface area contributed by atoms with Crippen LogP contribution in [0.5, 0.6) is 0 Å². The maximum atomic E-state index is 12.7. The molecule has 3 rings (SSSR count). The van der Waals surface area contributed by atoms with E-state index >= 15 is 0 Å². The van der Waals surface area contributed by atoms with E-state index in [0.29, 0.717) is 37.9 Å². The van der Waals surface area contributed by atoms with Crippen molar-refractivity contribution in [3.8, 4) is 0 Å². The lowest BCUT2D eigenvalue weighted by atomic mass is 9.95. The van der Waals surface area contributed by atoms with Gasteiger partial charge in [-0.05, 0) is 25.0 Å². The van der Waals surface area contributed by atoms with E-state index in [4.69, 9.17) is 0 Å². The van der Waals surface area contributed by atoms with Crippen molar-refractivity contribution in [2.45, 2.75) is 45.1 Å². The molecule has 130 valence electrons. The second kappa shape index (κ2) is 7.64. The van der Waals surface area contributed by atoms with Crippen molar-refractivity contribution in [1.82, 2.24) is 14.8 Å². The molecule has 0 spiro atoms. The summed E-state index contributed by atoms with van der Waals surface area (Å²) in [5.41, 5.74) is 1.45. The summed E-state index contributed by atoms with van der Waals surface area (Å²) in [5, 5.41) is 3.54. The molecule has 2 fully saturated rings. The Morgan fingerprint density at radius 2 is 1.75 bits per heavy atom. The second-order valence-electron chi connectivity index (χ2n) is 6.71. The number of aromatic nitrogens is 1. The molecule has 6 heteroatoms. The number of amides is 2. The SMILES string of the molecule is CC(=O)N1CCN(C(=O)c2cc(NC3CCCCC3)ccn2)CC1. The summed E-state index contributed by atoms with van der Waals surface area (Å²) < 4.78 is 0. The van der Waals surface area contributed by atoms with Crippen LogP contribution in [0.1, 0.15) is 49.5 Å². The smallest absolute Gasteiger partial charge is 0.272 e. The van der Waals surface area contributed by atoms with Gasteiger partial charge in [0.15, 0.2) is 0 Å². The monoisotopic (exact) mass is 330 g/mol. The van der Waals surface area contributed by atoms with Gasteiger partial charge < -0.3 is 15.1 Å². The molecule has 1 aliphatic carbocycles. The lowest BCUT2D eigenvalue weighted by Crippen LogP contribution is -2.50. The molecule has 1 aromatic rings. The molecule has 0 aromatic carbocycles. The number of rotatable bonds is 3. The fraction of sp³-hybridized carbons (Fsp3) is 0.611. The standard InChI is InChI=1S/C18H26N4O2/c1-14(23)21-9-11-22(12-10-21)18(24)17-13-16(7-8-19-17)20-15-5-3-2-4-6-15/h7-8,13,15H,2-6,9-12H2,1H3,(H,19,20).